The summed E-state index contributed by atoms with van der Waals surface area (Å²) in [5.74, 6) is 0.0469. The molecule has 0 spiro atoms. The molecule has 0 unspecified atom stereocenters. The summed E-state index contributed by atoms with van der Waals surface area (Å²) in [4.78, 5) is 27.4. The molecule has 0 aliphatic heterocycles. The summed E-state index contributed by atoms with van der Waals surface area (Å²) in [6, 6.07) is 7.55. The van der Waals surface area contributed by atoms with Gasteiger partial charge in [0.1, 0.15) is 5.75 Å². The van der Waals surface area contributed by atoms with Gasteiger partial charge in [-0.3, -0.25) is 4.79 Å². The molecule has 1 N–H and O–H groups in total. The zero-order valence-corrected chi connectivity index (χ0v) is 20.6. The molecule has 7 heteroatoms. The molecule has 180 valence electrons. The number of para-hydroxylation sites is 1. The fraction of sp³-hybridized carbons (Fsp3) is 0.462. The second-order valence-electron chi connectivity index (χ2n) is 7.87. The number of carbonyl (C=O) groups is 2. The number of aliphatic hydroxyl groups excluding tert-OH is 1. The van der Waals surface area contributed by atoms with E-state index in [4.69, 9.17) is 9.47 Å². The third-order valence-electron chi connectivity index (χ3n) is 5.45. The number of benzene rings is 1. The fourth-order valence-electron chi connectivity index (χ4n) is 3.99. The molecule has 2 rings (SSSR count). The number of nitrogens with zero attached hydrogens (tertiary/aromatic N) is 2. The van der Waals surface area contributed by atoms with Crippen LogP contribution in [-0.2, 0) is 22.6 Å². The minimum Gasteiger partial charge on any atom is -0.494 e. The minimum atomic E-state index is -0.693. The summed E-state index contributed by atoms with van der Waals surface area (Å²) < 4.78 is 13.0. The molecule has 0 saturated carbocycles. The van der Waals surface area contributed by atoms with Gasteiger partial charge in [-0.1, -0.05) is 18.2 Å². The van der Waals surface area contributed by atoms with Crippen molar-refractivity contribution in [3.8, 4) is 5.75 Å². The Bertz CT molecular complexity index is 991. The van der Waals surface area contributed by atoms with Crippen molar-refractivity contribution in [3.05, 3.63) is 58.4 Å². The summed E-state index contributed by atoms with van der Waals surface area (Å²) in [6.07, 6.45) is 2.43. The maximum atomic E-state index is 13.2. The third kappa shape index (κ3) is 6.48. The Balaban J connectivity index is 2.38. The van der Waals surface area contributed by atoms with E-state index in [9.17, 15) is 14.7 Å². The molecule has 1 atom stereocenters. The Hall–Kier alpha value is -3.06. The van der Waals surface area contributed by atoms with Crippen LogP contribution in [0.15, 0.2) is 30.3 Å². The van der Waals surface area contributed by atoms with E-state index in [1.165, 1.54) is 6.08 Å². The van der Waals surface area contributed by atoms with Gasteiger partial charge in [-0.2, -0.15) is 0 Å². The van der Waals surface area contributed by atoms with Gasteiger partial charge in [0, 0.05) is 48.2 Å². The quantitative estimate of drug-likeness (QED) is 0.406. The van der Waals surface area contributed by atoms with Gasteiger partial charge in [0.15, 0.2) is 0 Å². The van der Waals surface area contributed by atoms with Crippen molar-refractivity contribution in [1.82, 2.24) is 9.47 Å². The fourth-order valence-corrected chi connectivity index (χ4v) is 3.99. The van der Waals surface area contributed by atoms with Crippen LogP contribution in [-0.4, -0.2) is 52.3 Å². The highest BCUT2D eigenvalue weighted by Crippen LogP contribution is 2.25. The van der Waals surface area contributed by atoms with Gasteiger partial charge in [0.2, 0.25) is 5.91 Å². The Labute approximate surface area is 196 Å². The predicted octanol–water partition coefficient (Wildman–Crippen LogP) is 4.12. The van der Waals surface area contributed by atoms with Crippen molar-refractivity contribution in [3.63, 3.8) is 0 Å². The number of aromatic nitrogens is 1. The predicted molar refractivity (Wildman–Crippen MR) is 129 cm³/mol. The van der Waals surface area contributed by atoms with Crippen molar-refractivity contribution < 1.29 is 24.2 Å². The third-order valence-corrected chi connectivity index (χ3v) is 5.45. The highest BCUT2D eigenvalue weighted by Gasteiger charge is 2.23. The molecule has 0 radical (unpaired) electrons. The first-order chi connectivity index (χ1) is 15.7. The van der Waals surface area contributed by atoms with Crippen LogP contribution in [0.5, 0.6) is 5.75 Å². The summed E-state index contributed by atoms with van der Waals surface area (Å²) in [7, 11) is 0. The van der Waals surface area contributed by atoms with E-state index in [-0.39, 0.29) is 19.1 Å². The average Bonchev–Trinajstić information content (AvgIpc) is 3.01. The van der Waals surface area contributed by atoms with E-state index in [0.717, 1.165) is 17.0 Å². The molecule has 1 heterocycles. The lowest BCUT2D eigenvalue weighted by Crippen LogP contribution is -2.35. The van der Waals surface area contributed by atoms with Gasteiger partial charge in [-0.05, 0) is 53.7 Å². The molecule has 1 aromatic heterocycles. The van der Waals surface area contributed by atoms with Gasteiger partial charge in [0.25, 0.3) is 0 Å². The minimum absolute atomic E-state index is 0.169. The summed E-state index contributed by atoms with van der Waals surface area (Å²) in [5.41, 5.74) is 3.72. The normalized spacial score (nSPS) is 12.1. The van der Waals surface area contributed by atoms with Crippen LogP contribution in [0.1, 0.15) is 60.6 Å². The molecule has 0 aliphatic carbocycles. The molecule has 0 aliphatic rings. The van der Waals surface area contributed by atoms with Crippen LogP contribution in [0.4, 0.5) is 0 Å². The second kappa shape index (κ2) is 12.3. The Morgan fingerprint density at radius 1 is 1.12 bits per heavy atom. The number of carbonyl (C=O) groups excluding carboxylic acids is 2. The zero-order chi connectivity index (χ0) is 24.5. The van der Waals surface area contributed by atoms with Crippen molar-refractivity contribution in [2.75, 3.05) is 19.8 Å². The van der Waals surface area contributed by atoms with Gasteiger partial charge >= 0.3 is 5.97 Å². The number of hydrogen-bond donors (Lipinski definition) is 1. The van der Waals surface area contributed by atoms with Crippen molar-refractivity contribution in [2.45, 2.75) is 60.7 Å². The van der Waals surface area contributed by atoms with E-state index in [1.807, 2.05) is 56.5 Å². The van der Waals surface area contributed by atoms with E-state index < -0.39 is 12.1 Å². The molecule has 0 fully saturated rings. The topological polar surface area (TPSA) is 81.0 Å². The van der Waals surface area contributed by atoms with Crippen molar-refractivity contribution >= 4 is 18.0 Å². The number of hydrogen-bond acceptors (Lipinski definition) is 5. The van der Waals surface area contributed by atoms with Crippen LogP contribution in [0.25, 0.3) is 6.08 Å². The van der Waals surface area contributed by atoms with Gasteiger partial charge in [0.05, 0.1) is 24.9 Å². The van der Waals surface area contributed by atoms with E-state index in [2.05, 4.69) is 0 Å². The van der Waals surface area contributed by atoms with Crippen LogP contribution in [0.2, 0.25) is 0 Å². The number of esters is 1. The van der Waals surface area contributed by atoms with Crippen LogP contribution < -0.4 is 4.74 Å². The number of ether oxygens (including phenoxy) is 2. The zero-order valence-electron chi connectivity index (χ0n) is 20.6. The SMILES string of the molecule is CCOC(=O)c1c(/C=C\C(=O)N(Cc2ccccc2OCC)C[C@H](C)O)c(C)n(CC)c1C. The van der Waals surface area contributed by atoms with E-state index in [1.54, 1.807) is 24.8 Å². The standard InChI is InChI=1S/C26H36N2O5/c1-7-28-19(5)22(25(20(28)6)26(31)33-9-3)14-15-24(30)27(16-18(4)29)17-21-12-10-11-13-23(21)32-8-2/h10-15,18,29H,7-9,16-17H2,1-6H3/b15-14-/t18-/m0/s1. The highest BCUT2D eigenvalue weighted by atomic mass is 16.5. The van der Waals surface area contributed by atoms with E-state index in [0.29, 0.717) is 36.6 Å². The highest BCUT2D eigenvalue weighted by molar-refractivity contribution is 5.98. The lowest BCUT2D eigenvalue weighted by atomic mass is 10.1. The van der Waals surface area contributed by atoms with Crippen LogP contribution in [0, 0.1) is 13.8 Å². The Kier molecular flexibility index (Phi) is 9.73. The molecule has 33 heavy (non-hydrogen) atoms. The summed E-state index contributed by atoms with van der Waals surface area (Å²) in [5, 5.41) is 9.99. The van der Waals surface area contributed by atoms with Gasteiger partial charge in [-0.15, -0.1) is 0 Å². The van der Waals surface area contributed by atoms with Crippen LogP contribution in [0.3, 0.4) is 0 Å². The van der Waals surface area contributed by atoms with Gasteiger partial charge < -0.3 is 24.0 Å². The monoisotopic (exact) mass is 456 g/mol. The summed E-state index contributed by atoms with van der Waals surface area (Å²) in [6.45, 7) is 13.1. The maximum Gasteiger partial charge on any atom is 0.340 e. The molecule has 1 amide bonds. The van der Waals surface area contributed by atoms with Gasteiger partial charge in [-0.25, -0.2) is 4.79 Å². The average molecular weight is 457 g/mol. The smallest absolute Gasteiger partial charge is 0.340 e. The van der Waals surface area contributed by atoms with Crippen LogP contribution >= 0.6 is 0 Å². The number of amides is 1. The molecule has 1 aromatic carbocycles. The number of aliphatic hydroxyl groups is 1. The lowest BCUT2D eigenvalue weighted by Gasteiger charge is -2.24. The molecule has 0 saturated heterocycles. The number of rotatable bonds is 11. The molecular weight excluding hydrogens is 420 g/mol. The largest absolute Gasteiger partial charge is 0.494 e. The molecule has 7 nitrogen and oxygen atoms in total. The lowest BCUT2D eigenvalue weighted by molar-refractivity contribution is -0.127. The Morgan fingerprint density at radius 3 is 2.42 bits per heavy atom. The van der Waals surface area contributed by atoms with E-state index >= 15 is 0 Å². The second-order valence-corrected chi connectivity index (χ2v) is 7.87. The molecular formula is C26H36N2O5. The maximum absolute atomic E-state index is 13.2. The van der Waals surface area contributed by atoms with Crippen molar-refractivity contribution in [1.29, 1.82) is 0 Å². The summed E-state index contributed by atoms with van der Waals surface area (Å²) >= 11 is 0. The van der Waals surface area contributed by atoms with Crippen molar-refractivity contribution in [2.24, 2.45) is 0 Å². The first-order valence-corrected chi connectivity index (χ1v) is 11.5. The first kappa shape index (κ1) is 26.2. The molecule has 2 aromatic rings. The Morgan fingerprint density at radius 2 is 1.82 bits per heavy atom. The first-order valence-electron chi connectivity index (χ1n) is 11.5. The molecule has 0 bridgehead atoms.